The third-order valence-corrected chi connectivity index (χ3v) is 3.53. The molecule has 0 spiro atoms. The molecule has 0 saturated heterocycles. The van der Waals surface area contributed by atoms with Crippen molar-refractivity contribution in [2.24, 2.45) is 5.92 Å². The monoisotopic (exact) mass is 270 g/mol. The third-order valence-electron chi connectivity index (χ3n) is 3.53. The highest BCUT2D eigenvalue weighted by Gasteiger charge is 2.25. The van der Waals surface area contributed by atoms with Crippen molar-refractivity contribution in [2.45, 2.75) is 39.2 Å². The zero-order chi connectivity index (χ0) is 13.9. The smallest absolute Gasteiger partial charge is 0.0679 e. The lowest BCUT2D eigenvalue weighted by Crippen LogP contribution is -2.19. The van der Waals surface area contributed by atoms with Gasteiger partial charge in [-0.1, -0.05) is 13.8 Å². The van der Waals surface area contributed by atoms with Gasteiger partial charge in [-0.05, 0) is 43.5 Å². The quantitative estimate of drug-likeness (QED) is 0.877. The Kier molecular flexibility index (Phi) is 3.83. The number of pyridine rings is 1. The molecule has 1 N–H and O–H groups in total. The van der Waals surface area contributed by atoms with Gasteiger partial charge in [0, 0.05) is 24.9 Å². The minimum atomic E-state index is 0.658. The van der Waals surface area contributed by atoms with Gasteiger partial charge < -0.3 is 5.32 Å². The maximum atomic E-state index is 4.66. The molecule has 0 radical (unpaired) electrons. The van der Waals surface area contributed by atoms with Crippen molar-refractivity contribution in [3.05, 3.63) is 42.0 Å². The SMILES string of the molecule is CC(C)CNCc1cc(-n2ccc(C3CC3)n2)ccn1. The number of rotatable bonds is 6. The van der Waals surface area contributed by atoms with Gasteiger partial charge in [-0.15, -0.1) is 0 Å². The van der Waals surface area contributed by atoms with E-state index in [1.807, 2.05) is 23.1 Å². The molecule has 20 heavy (non-hydrogen) atoms. The van der Waals surface area contributed by atoms with Crippen LogP contribution in [-0.4, -0.2) is 21.3 Å². The first-order valence-electron chi connectivity index (χ1n) is 7.44. The predicted molar refractivity (Wildman–Crippen MR) is 79.9 cm³/mol. The van der Waals surface area contributed by atoms with Gasteiger partial charge in [0.15, 0.2) is 0 Å². The molecule has 2 aromatic heterocycles. The van der Waals surface area contributed by atoms with Crippen LogP contribution in [0.25, 0.3) is 5.69 Å². The fourth-order valence-electron chi connectivity index (χ4n) is 2.27. The Morgan fingerprint density at radius 1 is 1.35 bits per heavy atom. The highest BCUT2D eigenvalue weighted by atomic mass is 15.3. The Hall–Kier alpha value is -1.68. The molecular formula is C16H22N4. The predicted octanol–water partition coefficient (Wildman–Crippen LogP) is 2.89. The summed E-state index contributed by atoms with van der Waals surface area (Å²) in [6, 6.07) is 6.25. The van der Waals surface area contributed by atoms with Gasteiger partial charge in [0.25, 0.3) is 0 Å². The molecule has 2 heterocycles. The Balaban J connectivity index is 1.69. The minimum absolute atomic E-state index is 0.658. The summed E-state index contributed by atoms with van der Waals surface area (Å²) in [5.74, 6) is 1.36. The van der Waals surface area contributed by atoms with E-state index < -0.39 is 0 Å². The molecule has 0 atom stereocenters. The zero-order valence-corrected chi connectivity index (χ0v) is 12.2. The van der Waals surface area contributed by atoms with Gasteiger partial charge in [0.05, 0.1) is 17.1 Å². The second-order valence-electron chi connectivity index (χ2n) is 5.99. The van der Waals surface area contributed by atoms with Crippen LogP contribution in [0.5, 0.6) is 0 Å². The summed E-state index contributed by atoms with van der Waals surface area (Å²) in [4.78, 5) is 4.41. The van der Waals surface area contributed by atoms with E-state index in [4.69, 9.17) is 0 Å². The Morgan fingerprint density at radius 2 is 2.20 bits per heavy atom. The maximum absolute atomic E-state index is 4.66. The molecule has 2 aromatic rings. The number of nitrogens with zero attached hydrogens (tertiary/aromatic N) is 3. The molecule has 1 fully saturated rings. The highest BCUT2D eigenvalue weighted by molar-refractivity contribution is 5.32. The fraction of sp³-hybridized carbons (Fsp3) is 0.500. The van der Waals surface area contributed by atoms with Crippen LogP contribution in [-0.2, 0) is 6.54 Å². The van der Waals surface area contributed by atoms with Crippen molar-refractivity contribution in [1.29, 1.82) is 0 Å². The Morgan fingerprint density at radius 3 is 2.95 bits per heavy atom. The Bertz CT molecular complexity index is 569. The van der Waals surface area contributed by atoms with E-state index >= 15 is 0 Å². The molecule has 1 aliphatic rings. The van der Waals surface area contributed by atoms with Crippen molar-refractivity contribution in [3.8, 4) is 5.69 Å². The van der Waals surface area contributed by atoms with Crippen molar-refractivity contribution in [3.63, 3.8) is 0 Å². The largest absolute Gasteiger partial charge is 0.311 e. The molecule has 0 unspecified atom stereocenters. The number of nitrogens with one attached hydrogen (secondary N) is 1. The molecule has 1 saturated carbocycles. The fourth-order valence-corrected chi connectivity index (χ4v) is 2.27. The summed E-state index contributed by atoms with van der Waals surface area (Å²) < 4.78 is 1.96. The van der Waals surface area contributed by atoms with E-state index in [1.54, 1.807) is 0 Å². The molecule has 3 rings (SSSR count). The molecule has 106 valence electrons. The standard InChI is InChI=1S/C16H22N4/c1-12(2)10-17-11-14-9-15(5-7-18-14)20-8-6-16(19-20)13-3-4-13/h5-9,12-13,17H,3-4,10-11H2,1-2H3. The Labute approximate surface area is 120 Å². The number of hydrogen-bond acceptors (Lipinski definition) is 3. The third kappa shape index (κ3) is 3.25. The maximum Gasteiger partial charge on any atom is 0.0679 e. The number of aromatic nitrogens is 3. The van der Waals surface area contributed by atoms with Crippen LogP contribution in [0.4, 0.5) is 0 Å². The van der Waals surface area contributed by atoms with Crippen LogP contribution in [0.2, 0.25) is 0 Å². The molecule has 1 aliphatic carbocycles. The average molecular weight is 270 g/mol. The molecule has 0 bridgehead atoms. The lowest BCUT2D eigenvalue weighted by Gasteiger charge is -2.08. The second-order valence-corrected chi connectivity index (χ2v) is 5.99. The van der Waals surface area contributed by atoms with Gasteiger partial charge in [-0.3, -0.25) is 4.98 Å². The molecule has 0 aliphatic heterocycles. The second kappa shape index (κ2) is 5.75. The van der Waals surface area contributed by atoms with Gasteiger partial charge in [0.1, 0.15) is 0 Å². The zero-order valence-electron chi connectivity index (χ0n) is 12.2. The first kappa shape index (κ1) is 13.3. The van der Waals surface area contributed by atoms with Gasteiger partial charge in [0.2, 0.25) is 0 Å². The normalized spacial score (nSPS) is 14.9. The summed E-state index contributed by atoms with van der Waals surface area (Å²) in [6.07, 6.45) is 6.49. The van der Waals surface area contributed by atoms with Gasteiger partial charge in [-0.2, -0.15) is 5.10 Å². The van der Waals surface area contributed by atoms with Crippen molar-refractivity contribution in [1.82, 2.24) is 20.1 Å². The summed E-state index contributed by atoms with van der Waals surface area (Å²) in [6.45, 7) is 6.24. The van der Waals surface area contributed by atoms with Crippen LogP contribution in [0.15, 0.2) is 30.6 Å². The molecule has 0 aromatic carbocycles. The summed E-state index contributed by atoms with van der Waals surface area (Å²) in [7, 11) is 0. The first-order valence-corrected chi connectivity index (χ1v) is 7.44. The molecular weight excluding hydrogens is 248 g/mol. The van der Waals surface area contributed by atoms with Crippen LogP contribution < -0.4 is 5.32 Å². The molecule has 4 heteroatoms. The van der Waals surface area contributed by atoms with Crippen molar-refractivity contribution in [2.75, 3.05) is 6.54 Å². The molecule has 0 amide bonds. The van der Waals surface area contributed by atoms with E-state index in [-0.39, 0.29) is 0 Å². The van der Waals surface area contributed by atoms with Crippen LogP contribution in [0, 0.1) is 5.92 Å². The van der Waals surface area contributed by atoms with Crippen molar-refractivity contribution < 1.29 is 0 Å². The van der Waals surface area contributed by atoms with Crippen molar-refractivity contribution >= 4 is 0 Å². The van der Waals surface area contributed by atoms with Crippen LogP contribution in [0.3, 0.4) is 0 Å². The van der Waals surface area contributed by atoms with E-state index in [2.05, 4.69) is 41.4 Å². The lowest BCUT2D eigenvalue weighted by molar-refractivity contribution is 0.548. The summed E-state index contributed by atoms with van der Waals surface area (Å²) in [5, 5.41) is 8.08. The highest BCUT2D eigenvalue weighted by Crippen LogP contribution is 2.38. The van der Waals surface area contributed by atoms with Crippen LogP contribution >= 0.6 is 0 Å². The van der Waals surface area contributed by atoms with Crippen LogP contribution in [0.1, 0.15) is 44.0 Å². The van der Waals surface area contributed by atoms with E-state index in [0.29, 0.717) is 11.8 Å². The topological polar surface area (TPSA) is 42.7 Å². The number of hydrogen-bond donors (Lipinski definition) is 1. The average Bonchev–Trinajstić information content (AvgIpc) is 3.16. The van der Waals surface area contributed by atoms with Gasteiger partial charge >= 0.3 is 0 Å². The summed E-state index contributed by atoms with van der Waals surface area (Å²) in [5.41, 5.74) is 3.38. The lowest BCUT2D eigenvalue weighted by atomic mass is 10.2. The summed E-state index contributed by atoms with van der Waals surface area (Å²) >= 11 is 0. The molecule has 4 nitrogen and oxygen atoms in total. The van der Waals surface area contributed by atoms with E-state index in [0.717, 1.165) is 24.5 Å². The van der Waals surface area contributed by atoms with E-state index in [9.17, 15) is 0 Å². The van der Waals surface area contributed by atoms with Gasteiger partial charge in [-0.25, -0.2) is 4.68 Å². The van der Waals surface area contributed by atoms with E-state index in [1.165, 1.54) is 18.5 Å². The minimum Gasteiger partial charge on any atom is -0.311 e. The first-order chi connectivity index (χ1) is 9.72.